The standard InChI is InChI=1S/C18H18FN9O/c1-27-9-14(7-23-27)13-4-2-3-12(5-13)6-20-16-15(19)8-21-17(25-16)26-18-22-10-24-28(18)11-29/h2-5,7-10,29H,6,11H2,1H3,(H2,20,21,22,24,25,26). The smallest absolute Gasteiger partial charge is 0.231 e. The zero-order chi connectivity index (χ0) is 20.2. The van der Waals surface area contributed by atoms with Crippen LogP contribution in [0.1, 0.15) is 5.56 Å². The quantitative estimate of drug-likeness (QED) is 0.434. The first kappa shape index (κ1) is 18.5. The van der Waals surface area contributed by atoms with Gasteiger partial charge in [0.15, 0.2) is 11.6 Å². The highest BCUT2D eigenvalue weighted by Crippen LogP contribution is 2.21. The van der Waals surface area contributed by atoms with Gasteiger partial charge in [0.25, 0.3) is 0 Å². The second-order valence-electron chi connectivity index (χ2n) is 6.20. The third-order valence-corrected chi connectivity index (χ3v) is 4.14. The number of halogens is 1. The monoisotopic (exact) mass is 395 g/mol. The van der Waals surface area contributed by atoms with E-state index in [-0.39, 0.29) is 24.4 Å². The van der Waals surface area contributed by atoms with Crippen LogP contribution in [-0.4, -0.2) is 39.6 Å². The number of anilines is 3. The predicted molar refractivity (Wildman–Crippen MR) is 103 cm³/mol. The summed E-state index contributed by atoms with van der Waals surface area (Å²) >= 11 is 0. The molecule has 1 aromatic carbocycles. The molecule has 0 aliphatic carbocycles. The maximum atomic E-state index is 14.1. The third kappa shape index (κ3) is 4.19. The van der Waals surface area contributed by atoms with E-state index in [1.165, 1.54) is 11.0 Å². The Morgan fingerprint density at radius 1 is 1.14 bits per heavy atom. The predicted octanol–water partition coefficient (Wildman–Crippen LogP) is 1.91. The van der Waals surface area contributed by atoms with Crippen molar-refractivity contribution in [3.8, 4) is 11.1 Å². The molecule has 0 aliphatic heterocycles. The second kappa shape index (κ2) is 8.02. The van der Waals surface area contributed by atoms with Gasteiger partial charge in [-0.05, 0) is 17.2 Å². The number of nitrogens with zero attached hydrogens (tertiary/aromatic N) is 7. The SMILES string of the molecule is Cn1cc(-c2cccc(CNc3nc(Nc4ncnn4CO)ncc3F)c2)cn1. The van der Waals surface area contributed by atoms with Crippen LogP contribution in [0.4, 0.5) is 22.1 Å². The van der Waals surface area contributed by atoms with Crippen LogP contribution < -0.4 is 10.6 Å². The summed E-state index contributed by atoms with van der Waals surface area (Å²) in [5, 5.41) is 23.0. The number of aliphatic hydroxyl groups excluding tert-OH is 1. The summed E-state index contributed by atoms with van der Waals surface area (Å²) in [4.78, 5) is 12.0. The van der Waals surface area contributed by atoms with Crippen molar-refractivity contribution in [1.82, 2.24) is 34.5 Å². The topological polar surface area (TPSA) is 119 Å². The summed E-state index contributed by atoms with van der Waals surface area (Å²) in [5.41, 5.74) is 2.98. The molecule has 0 unspecified atom stereocenters. The number of hydrogen-bond acceptors (Lipinski definition) is 8. The lowest BCUT2D eigenvalue weighted by molar-refractivity contribution is 0.197. The molecule has 0 aliphatic rings. The summed E-state index contributed by atoms with van der Waals surface area (Å²) < 4.78 is 17.1. The zero-order valence-corrected chi connectivity index (χ0v) is 15.5. The van der Waals surface area contributed by atoms with E-state index >= 15 is 0 Å². The summed E-state index contributed by atoms with van der Waals surface area (Å²) in [5.74, 6) is -0.165. The molecule has 11 heteroatoms. The van der Waals surface area contributed by atoms with Crippen molar-refractivity contribution >= 4 is 17.7 Å². The summed E-state index contributed by atoms with van der Waals surface area (Å²) in [6.45, 7) is 0.0101. The maximum Gasteiger partial charge on any atom is 0.231 e. The van der Waals surface area contributed by atoms with Crippen LogP contribution in [0.2, 0.25) is 0 Å². The van der Waals surface area contributed by atoms with Crippen molar-refractivity contribution in [2.45, 2.75) is 13.3 Å². The molecule has 0 radical (unpaired) electrons. The minimum absolute atomic E-state index is 0.0457. The van der Waals surface area contributed by atoms with Gasteiger partial charge in [-0.2, -0.15) is 20.2 Å². The number of nitrogens with one attached hydrogen (secondary N) is 2. The average molecular weight is 395 g/mol. The highest BCUT2D eigenvalue weighted by molar-refractivity contribution is 5.62. The van der Waals surface area contributed by atoms with Gasteiger partial charge in [-0.25, -0.2) is 14.1 Å². The zero-order valence-electron chi connectivity index (χ0n) is 15.5. The van der Waals surface area contributed by atoms with Crippen LogP contribution in [0.5, 0.6) is 0 Å². The molecule has 3 heterocycles. The lowest BCUT2D eigenvalue weighted by Crippen LogP contribution is -2.10. The Bertz CT molecular complexity index is 1120. The van der Waals surface area contributed by atoms with Crippen LogP contribution in [0.15, 0.2) is 49.2 Å². The van der Waals surface area contributed by atoms with E-state index in [0.29, 0.717) is 6.54 Å². The van der Waals surface area contributed by atoms with Crippen molar-refractivity contribution < 1.29 is 9.50 Å². The van der Waals surface area contributed by atoms with Gasteiger partial charge < -0.3 is 10.4 Å². The van der Waals surface area contributed by atoms with Crippen LogP contribution in [0.25, 0.3) is 11.1 Å². The van der Waals surface area contributed by atoms with E-state index in [9.17, 15) is 9.50 Å². The fourth-order valence-electron chi connectivity index (χ4n) is 2.73. The van der Waals surface area contributed by atoms with Crippen LogP contribution in [-0.2, 0) is 20.3 Å². The van der Waals surface area contributed by atoms with Crippen molar-refractivity contribution in [3.63, 3.8) is 0 Å². The highest BCUT2D eigenvalue weighted by atomic mass is 19.1. The average Bonchev–Trinajstić information content (AvgIpc) is 3.37. The van der Waals surface area contributed by atoms with E-state index < -0.39 is 5.82 Å². The summed E-state index contributed by atoms with van der Waals surface area (Å²) in [6.07, 6.45) is 6.05. The molecule has 0 saturated heterocycles. The van der Waals surface area contributed by atoms with Gasteiger partial charge in [-0.1, -0.05) is 18.2 Å². The van der Waals surface area contributed by atoms with Crippen molar-refractivity contribution in [3.05, 3.63) is 60.6 Å². The number of benzene rings is 1. The molecule has 10 nitrogen and oxygen atoms in total. The van der Waals surface area contributed by atoms with Crippen molar-refractivity contribution in [2.75, 3.05) is 10.6 Å². The normalized spacial score (nSPS) is 10.9. The Morgan fingerprint density at radius 3 is 2.83 bits per heavy atom. The van der Waals surface area contributed by atoms with Gasteiger partial charge in [0.2, 0.25) is 11.9 Å². The Hall–Kier alpha value is -3.86. The first-order valence-electron chi connectivity index (χ1n) is 8.72. The van der Waals surface area contributed by atoms with E-state index in [2.05, 4.69) is 35.8 Å². The molecule has 0 spiro atoms. The molecule has 0 fully saturated rings. The lowest BCUT2D eigenvalue weighted by atomic mass is 10.1. The molecule has 0 amide bonds. The van der Waals surface area contributed by atoms with Gasteiger partial charge in [-0.3, -0.25) is 10.00 Å². The minimum Gasteiger partial charge on any atom is -0.374 e. The van der Waals surface area contributed by atoms with Gasteiger partial charge in [0, 0.05) is 25.4 Å². The number of rotatable bonds is 7. The van der Waals surface area contributed by atoms with Crippen LogP contribution in [0.3, 0.4) is 0 Å². The molecule has 29 heavy (non-hydrogen) atoms. The van der Waals surface area contributed by atoms with Gasteiger partial charge in [0.1, 0.15) is 13.1 Å². The van der Waals surface area contributed by atoms with Crippen molar-refractivity contribution in [2.24, 2.45) is 7.05 Å². The molecule has 0 saturated carbocycles. The first-order chi connectivity index (χ1) is 14.1. The molecular formula is C18H18FN9O. The number of aliphatic hydroxyl groups is 1. The summed E-state index contributed by atoms with van der Waals surface area (Å²) in [7, 11) is 1.86. The van der Waals surface area contributed by atoms with E-state index in [1.54, 1.807) is 10.9 Å². The molecule has 0 bridgehead atoms. The molecule has 148 valence electrons. The van der Waals surface area contributed by atoms with Crippen LogP contribution in [0, 0.1) is 5.82 Å². The number of hydrogen-bond donors (Lipinski definition) is 3. The molecule has 0 atom stereocenters. The number of aryl methyl sites for hydroxylation is 1. The van der Waals surface area contributed by atoms with E-state index in [0.717, 1.165) is 22.9 Å². The fourth-order valence-corrected chi connectivity index (χ4v) is 2.73. The van der Waals surface area contributed by atoms with Gasteiger partial charge in [-0.15, -0.1) is 0 Å². The fraction of sp³-hybridized carbons (Fsp3) is 0.167. The molecule has 4 aromatic rings. The Labute approximate surface area is 165 Å². The highest BCUT2D eigenvalue weighted by Gasteiger charge is 2.10. The molecule has 3 aromatic heterocycles. The Balaban J connectivity index is 1.48. The molecular weight excluding hydrogens is 377 g/mol. The second-order valence-corrected chi connectivity index (χ2v) is 6.20. The number of aromatic nitrogens is 7. The maximum absolute atomic E-state index is 14.1. The van der Waals surface area contributed by atoms with Crippen LogP contribution >= 0.6 is 0 Å². The van der Waals surface area contributed by atoms with Gasteiger partial charge >= 0.3 is 0 Å². The Kier molecular flexibility index (Phi) is 5.12. The largest absolute Gasteiger partial charge is 0.374 e. The molecule has 4 rings (SSSR count). The van der Waals surface area contributed by atoms with E-state index in [4.69, 9.17) is 0 Å². The Morgan fingerprint density at radius 2 is 2.03 bits per heavy atom. The molecule has 3 N–H and O–H groups in total. The van der Waals surface area contributed by atoms with Crippen molar-refractivity contribution in [1.29, 1.82) is 0 Å². The van der Waals surface area contributed by atoms with E-state index in [1.807, 2.05) is 37.5 Å². The third-order valence-electron chi connectivity index (χ3n) is 4.14. The van der Waals surface area contributed by atoms with Gasteiger partial charge in [0.05, 0.1) is 12.4 Å². The minimum atomic E-state index is -0.581. The summed E-state index contributed by atoms with van der Waals surface area (Å²) in [6, 6.07) is 7.87. The lowest BCUT2D eigenvalue weighted by Gasteiger charge is -2.10. The first-order valence-corrected chi connectivity index (χ1v) is 8.72.